The third-order valence-corrected chi connectivity index (χ3v) is 6.10. The van der Waals surface area contributed by atoms with Crippen molar-refractivity contribution >= 4 is 45.1 Å². The first-order valence-electron chi connectivity index (χ1n) is 9.31. The molecule has 0 saturated carbocycles. The summed E-state index contributed by atoms with van der Waals surface area (Å²) in [6.45, 7) is 8.59. The van der Waals surface area contributed by atoms with Gasteiger partial charge in [0, 0.05) is 19.6 Å². The Morgan fingerprint density at radius 2 is 1.59 bits per heavy atom. The van der Waals surface area contributed by atoms with Crippen molar-refractivity contribution in [2.24, 2.45) is 11.8 Å². The van der Waals surface area contributed by atoms with E-state index in [1.54, 1.807) is 4.90 Å². The zero-order valence-electron chi connectivity index (χ0n) is 17.1. The molecule has 29 heavy (non-hydrogen) atoms. The molecule has 0 atom stereocenters. The fourth-order valence-electron chi connectivity index (χ4n) is 2.56. The summed E-state index contributed by atoms with van der Waals surface area (Å²) in [6, 6.07) is 4.34. The van der Waals surface area contributed by atoms with Crippen LogP contribution < -0.4 is 4.72 Å². The van der Waals surface area contributed by atoms with E-state index in [9.17, 15) is 18.0 Å². The molecule has 0 aliphatic carbocycles. The number of hydrogen-bond acceptors (Lipinski definition) is 5. The predicted octanol–water partition coefficient (Wildman–Crippen LogP) is 3.35. The van der Waals surface area contributed by atoms with Crippen molar-refractivity contribution in [1.82, 2.24) is 9.62 Å². The van der Waals surface area contributed by atoms with Crippen molar-refractivity contribution in [3.8, 4) is 0 Å². The summed E-state index contributed by atoms with van der Waals surface area (Å²) in [5.41, 5.74) is 0. The quantitative estimate of drug-likeness (QED) is 0.504. The van der Waals surface area contributed by atoms with Crippen molar-refractivity contribution in [3.05, 3.63) is 28.2 Å². The lowest BCUT2D eigenvalue weighted by molar-refractivity contribution is -0.152. The summed E-state index contributed by atoms with van der Waals surface area (Å²) < 4.78 is 31.9. The SMILES string of the molecule is CC(C)CN(CC(C)C)C(=O)COC(=O)CCNS(=O)(=O)c1c(Cl)cccc1Cl. The molecule has 0 spiro atoms. The largest absolute Gasteiger partial charge is 0.456 e. The Bertz CT molecular complexity index is 783. The zero-order valence-corrected chi connectivity index (χ0v) is 19.4. The average Bonchev–Trinajstić information content (AvgIpc) is 2.57. The number of hydrogen-bond donors (Lipinski definition) is 1. The Hall–Kier alpha value is -1.35. The molecule has 1 aromatic rings. The van der Waals surface area contributed by atoms with E-state index in [1.807, 2.05) is 27.7 Å². The molecule has 0 aliphatic rings. The molecule has 0 aliphatic heterocycles. The van der Waals surface area contributed by atoms with E-state index >= 15 is 0 Å². The topological polar surface area (TPSA) is 92.8 Å². The molecule has 10 heteroatoms. The van der Waals surface area contributed by atoms with Crippen LogP contribution >= 0.6 is 23.2 Å². The van der Waals surface area contributed by atoms with Gasteiger partial charge in [0.2, 0.25) is 10.0 Å². The van der Waals surface area contributed by atoms with Gasteiger partial charge in [-0.2, -0.15) is 0 Å². The van der Waals surface area contributed by atoms with Gasteiger partial charge in [-0.25, -0.2) is 13.1 Å². The third-order valence-electron chi connectivity index (χ3n) is 3.69. The van der Waals surface area contributed by atoms with Crippen LogP contribution in [0, 0.1) is 11.8 Å². The lowest BCUT2D eigenvalue weighted by Crippen LogP contribution is -2.39. The number of rotatable bonds is 11. The van der Waals surface area contributed by atoms with Gasteiger partial charge in [0.1, 0.15) is 4.90 Å². The number of carbonyl (C=O) groups is 2. The normalized spacial score (nSPS) is 11.7. The van der Waals surface area contributed by atoms with Crippen molar-refractivity contribution < 1.29 is 22.7 Å². The second-order valence-electron chi connectivity index (χ2n) is 7.45. The molecule has 0 unspecified atom stereocenters. The number of sulfonamides is 1. The van der Waals surface area contributed by atoms with Crippen molar-refractivity contribution in [3.63, 3.8) is 0 Å². The van der Waals surface area contributed by atoms with E-state index in [-0.39, 0.29) is 40.4 Å². The number of esters is 1. The molecule has 1 rings (SSSR count). The Balaban J connectivity index is 2.54. The molecule has 1 N–H and O–H groups in total. The number of carbonyl (C=O) groups excluding carboxylic acids is 2. The zero-order chi connectivity index (χ0) is 22.2. The number of benzene rings is 1. The molecule has 0 saturated heterocycles. The smallest absolute Gasteiger partial charge is 0.307 e. The number of halogens is 2. The molecule has 0 bridgehead atoms. The van der Waals surface area contributed by atoms with Gasteiger partial charge in [0.15, 0.2) is 6.61 Å². The maximum atomic E-state index is 12.3. The van der Waals surface area contributed by atoms with E-state index < -0.39 is 16.0 Å². The summed E-state index contributed by atoms with van der Waals surface area (Å²) in [4.78, 5) is 25.6. The number of amides is 1. The lowest BCUT2D eigenvalue weighted by atomic mass is 10.1. The van der Waals surface area contributed by atoms with Gasteiger partial charge in [-0.15, -0.1) is 0 Å². The molecule has 0 radical (unpaired) electrons. The molecule has 7 nitrogen and oxygen atoms in total. The highest BCUT2D eigenvalue weighted by Crippen LogP contribution is 2.28. The fourth-order valence-corrected chi connectivity index (χ4v) is 4.74. The monoisotopic (exact) mass is 466 g/mol. The van der Waals surface area contributed by atoms with Gasteiger partial charge < -0.3 is 9.64 Å². The number of ether oxygens (including phenoxy) is 1. The second kappa shape index (κ2) is 11.7. The van der Waals surface area contributed by atoms with Crippen molar-refractivity contribution in [1.29, 1.82) is 0 Å². The Morgan fingerprint density at radius 3 is 2.07 bits per heavy atom. The van der Waals surface area contributed by atoms with Crippen LogP contribution in [0.5, 0.6) is 0 Å². The van der Waals surface area contributed by atoms with Crippen LogP contribution in [0.15, 0.2) is 23.1 Å². The molecular formula is C19H28Cl2N2O5S. The number of nitrogens with zero attached hydrogens (tertiary/aromatic N) is 1. The Labute approximate surface area is 182 Å². The van der Waals surface area contributed by atoms with Gasteiger partial charge >= 0.3 is 5.97 Å². The minimum atomic E-state index is -3.99. The number of nitrogens with one attached hydrogen (secondary N) is 1. The standard InChI is InChI=1S/C19H28Cl2N2O5S/c1-13(2)10-23(11-14(3)4)17(24)12-28-18(25)8-9-22-29(26,27)19-15(20)6-5-7-16(19)21/h5-7,13-14,22H,8-12H2,1-4H3. The third kappa shape index (κ3) is 8.90. The molecule has 0 aromatic heterocycles. The Morgan fingerprint density at radius 1 is 1.07 bits per heavy atom. The van der Waals surface area contributed by atoms with Crippen LogP contribution in [0.3, 0.4) is 0 Å². The average molecular weight is 467 g/mol. The van der Waals surface area contributed by atoms with E-state index in [4.69, 9.17) is 27.9 Å². The second-order valence-corrected chi connectivity index (χ2v) is 9.96. The highest BCUT2D eigenvalue weighted by Gasteiger charge is 2.22. The van der Waals surface area contributed by atoms with Crippen LogP contribution in [-0.2, 0) is 24.3 Å². The maximum Gasteiger partial charge on any atom is 0.307 e. The maximum absolute atomic E-state index is 12.3. The molecule has 1 amide bonds. The first kappa shape index (κ1) is 25.7. The highest BCUT2D eigenvalue weighted by atomic mass is 35.5. The Kier molecular flexibility index (Phi) is 10.4. The predicted molar refractivity (Wildman–Crippen MR) is 113 cm³/mol. The summed E-state index contributed by atoms with van der Waals surface area (Å²) in [5.74, 6) is -0.372. The minimum Gasteiger partial charge on any atom is -0.456 e. The van der Waals surface area contributed by atoms with Gasteiger partial charge in [-0.1, -0.05) is 57.0 Å². The summed E-state index contributed by atoms with van der Waals surface area (Å²) in [5, 5.41) is -0.0397. The molecular weight excluding hydrogens is 439 g/mol. The fraction of sp³-hybridized carbons (Fsp3) is 0.579. The van der Waals surface area contributed by atoms with E-state index in [0.717, 1.165) is 0 Å². The lowest BCUT2D eigenvalue weighted by Gasteiger charge is -2.26. The summed E-state index contributed by atoms with van der Waals surface area (Å²) >= 11 is 11.8. The molecule has 0 fully saturated rings. The first-order chi connectivity index (χ1) is 13.4. The molecule has 1 aromatic carbocycles. The highest BCUT2D eigenvalue weighted by molar-refractivity contribution is 7.89. The summed E-state index contributed by atoms with van der Waals surface area (Å²) in [7, 11) is -3.99. The molecule has 0 heterocycles. The van der Waals surface area contributed by atoms with Crippen LogP contribution in [-0.4, -0.2) is 51.4 Å². The first-order valence-corrected chi connectivity index (χ1v) is 11.5. The van der Waals surface area contributed by atoms with Crippen LogP contribution in [0.25, 0.3) is 0 Å². The van der Waals surface area contributed by atoms with E-state index in [1.165, 1.54) is 18.2 Å². The molecule has 164 valence electrons. The van der Waals surface area contributed by atoms with Gasteiger partial charge in [0.25, 0.3) is 5.91 Å². The van der Waals surface area contributed by atoms with Gasteiger partial charge in [-0.05, 0) is 24.0 Å². The van der Waals surface area contributed by atoms with Gasteiger partial charge in [0.05, 0.1) is 16.5 Å². The van der Waals surface area contributed by atoms with Crippen molar-refractivity contribution in [2.75, 3.05) is 26.2 Å². The van der Waals surface area contributed by atoms with E-state index in [2.05, 4.69) is 4.72 Å². The van der Waals surface area contributed by atoms with Crippen molar-refractivity contribution in [2.45, 2.75) is 39.0 Å². The summed E-state index contributed by atoms with van der Waals surface area (Å²) in [6.07, 6.45) is -0.233. The minimum absolute atomic E-state index is 0.0198. The van der Waals surface area contributed by atoms with Crippen LogP contribution in [0.4, 0.5) is 0 Å². The van der Waals surface area contributed by atoms with Gasteiger partial charge in [-0.3, -0.25) is 9.59 Å². The van der Waals surface area contributed by atoms with E-state index in [0.29, 0.717) is 24.9 Å². The van der Waals surface area contributed by atoms with Crippen LogP contribution in [0.1, 0.15) is 34.1 Å². The van der Waals surface area contributed by atoms with Crippen LogP contribution in [0.2, 0.25) is 10.0 Å².